The first-order valence-corrected chi connectivity index (χ1v) is 14.2. The summed E-state index contributed by atoms with van der Waals surface area (Å²) in [6, 6.07) is 10.5. The highest BCUT2D eigenvalue weighted by Crippen LogP contribution is 2.00. The molecule has 0 heterocycles. The molecule has 1 aromatic rings. The second-order valence-electron chi connectivity index (χ2n) is 8.31. The van der Waals surface area contributed by atoms with Crippen molar-refractivity contribution in [3.8, 4) is 0 Å². The largest absolute Gasteiger partial charge is 0.617 e. The van der Waals surface area contributed by atoms with Gasteiger partial charge in [-0.25, -0.2) is 0 Å². The maximum atomic E-state index is 10.3. The predicted molar refractivity (Wildman–Crippen MR) is 174 cm³/mol. The van der Waals surface area contributed by atoms with E-state index in [2.05, 4.69) is 94.5 Å². The molecule has 0 aliphatic rings. The molecule has 0 amide bonds. The molecule has 39 heavy (non-hydrogen) atoms. The molecule has 0 aliphatic carbocycles. The second kappa shape index (κ2) is 49.3. The molecule has 236 valence electrons. The van der Waals surface area contributed by atoms with Crippen LogP contribution >= 0.6 is 11.6 Å². The van der Waals surface area contributed by atoms with Gasteiger partial charge >= 0.3 is 0 Å². The van der Waals surface area contributed by atoms with Crippen LogP contribution in [0.1, 0.15) is 101 Å². The van der Waals surface area contributed by atoms with Crippen molar-refractivity contribution in [2.24, 2.45) is 5.92 Å². The zero-order chi connectivity index (χ0) is 31.9. The fourth-order valence-corrected chi connectivity index (χ4v) is 1.30. The van der Waals surface area contributed by atoms with Gasteiger partial charge in [0.2, 0.25) is 0 Å². The van der Waals surface area contributed by atoms with E-state index in [-0.39, 0.29) is 11.9 Å². The summed E-state index contributed by atoms with van der Waals surface area (Å²) in [7, 11) is 2.75. The highest BCUT2D eigenvalue weighted by atomic mass is 35.5. The van der Waals surface area contributed by atoms with E-state index in [0.717, 1.165) is 12.3 Å². The third-order valence-corrected chi connectivity index (χ3v) is 4.01. The molecule has 1 aromatic carbocycles. The molecule has 0 N–H and O–H groups in total. The second-order valence-corrected chi connectivity index (χ2v) is 8.62. The Hall–Kier alpha value is -1.68. The van der Waals surface area contributed by atoms with Gasteiger partial charge in [-0.1, -0.05) is 68.7 Å². The number of methoxy groups -OCH3 is 2. The maximum Gasteiger partial charge on any atom is 0.275 e. The summed E-state index contributed by atoms with van der Waals surface area (Å²) < 4.78 is 8.66. The standard InChI is InChI=1S/C9H11.C5H10O2.C5H9O2.C5H11.C4H9.C3H6Cl.C3H7/c1-2-6-9-7-4-3-5-8-9;1-4(2)5(6)7-3;1-3-4-5(6)7-2;1-4-5(2)3;1-3-4-2;1-2-3-4;1-3-2/h2-5,7-8H,6H2,1H3;6H,1-3H3;3H,4H2,1-2H3;4-5H,1-3H3;3H,4H2,1-2H3;2H,3H2,1H3;3H,1-2H3/q-1;;5*-1/p-1. The number of benzene rings is 1. The molecule has 0 atom stereocenters. The van der Waals surface area contributed by atoms with E-state index < -0.39 is 0 Å². The Labute approximate surface area is 250 Å². The number of halogens is 1. The van der Waals surface area contributed by atoms with E-state index >= 15 is 0 Å². The molecule has 0 spiro atoms. The number of ether oxygens (including phenoxy) is 2. The predicted octanol–water partition coefficient (Wildman–Crippen LogP) is 9.64. The third kappa shape index (κ3) is 72.3. The number of allylic oxidation sites excluding steroid dienone is 1. The van der Waals surface area contributed by atoms with Gasteiger partial charge in [-0.15, -0.1) is 5.88 Å². The molecule has 0 saturated heterocycles. The number of carbonyl (C=O) groups excluding carboxylic acids is 1. The van der Waals surface area contributed by atoms with Gasteiger partial charge in [-0.2, -0.15) is 78.8 Å². The molecule has 4 nitrogen and oxygen atoms in total. The van der Waals surface area contributed by atoms with E-state index in [9.17, 15) is 9.90 Å². The molecule has 0 saturated carbocycles. The van der Waals surface area contributed by atoms with Crippen molar-refractivity contribution >= 4 is 17.6 Å². The topological polar surface area (TPSA) is 58.6 Å². The number of esters is 1. The van der Waals surface area contributed by atoms with E-state index in [1.807, 2.05) is 46.6 Å². The highest BCUT2D eigenvalue weighted by molar-refractivity contribution is 6.18. The SMILES string of the molecule is COC([O-])=C(C)C.C[CH-]C.C[CH-]C(C)C.C[CH-]CC.C[CH-]CC(=O)OC.C[CH-]CCl.C[CH-]Cc1ccccc1. The summed E-state index contributed by atoms with van der Waals surface area (Å²) in [5.74, 6) is 1.01. The smallest absolute Gasteiger partial charge is 0.275 e. The minimum Gasteiger partial charge on any atom is -0.617 e. The van der Waals surface area contributed by atoms with Crippen LogP contribution in [0.4, 0.5) is 0 Å². The average molecular weight is 570 g/mol. The lowest BCUT2D eigenvalue weighted by molar-refractivity contribution is -0.355. The lowest BCUT2D eigenvalue weighted by atomic mass is 10.1. The van der Waals surface area contributed by atoms with Crippen molar-refractivity contribution < 1.29 is 19.4 Å². The monoisotopic (exact) mass is 569 g/mol. The Bertz CT molecular complexity index is 546. The van der Waals surface area contributed by atoms with Crippen LogP contribution in [-0.4, -0.2) is 26.1 Å². The van der Waals surface area contributed by atoms with Crippen molar-refractivity contribution in [2.45, 2.75) is 102 Å². The first-order chi connectivity index (χ1) is 18.4. The van der Waals surface area contributed by atoms with Crippen molar-refractivity contribution in [1.29, 1.82) is 0 Å². The van der Waals surface area contributed by atoms with Crippen LogP contribution in [0.5, 0.6) is 0 Å². The summed E-state index contributed by atoms with van der Waals surface area (Å²) in [5, 5.41) is 10.3. The summed E-state index contributed by atoms with van der Waals surface area (Å²) in [6.07, 6.45) is 14.8. The van der Waals surface area contributed by atoms with Crippen LogP contribution in [-0.2, 0) is 20.7 Å². The summed E-state index contributed by atoms with van der Waals surface area (Å²) in [4.78, 5) is 10.2. The molecular weight excluding hydrogens is 508 g/mol. The van der Waals surface area contributed by atoms with Crippen molar-refractivity contribution in [3.63, 3.8) is 0 Å². The molecule has 0 unspecified atom stereocenters. The maximum absolute atomic E-state index is 10.3. The summed E-state index contributed by atoms with van der Waals surface area (Å²) >= 11 is 5.13. The number of carbonyl (C=O) groups is 1. The van der Waals surface area contributed by atoms with Gasteiger partial charge in [0.25, 0.3) is 5.97 Å². The highest BCUT2D eigenvalue weighted by Gasteiger charge is 1.85. The van der Waals surface area contributed by atoms with Crippen LogP contribution in [0, 0.1) is 44.4 Å². The van der Waals surface area contributed by atoms with Crippen LogP contribution in [0.2, 0.25) is 0 Å². The summed E-state index contributed by atoms with van der Waals surface area (Å²) in [6.45, 7) is 23.8. The molecule has 1 rings (SSSR count). The van der Waals surface area contributed by atoms with Gasteiger partial charge in [0.05, 0.1) is 7.11 Å². The van der Waals surface area contributed by atoms with Crippen LogP contribution < -0.4 is 5.11 Å². The van der Waals surface area contributed by atoms with Gasteiger partial charge in [0, 0.05) is 5.95 Å². The lowest BCUT2D eigenvalue weighted by Crippen LogP contribution is -2.06. The van der Waals surface area contributed by atoms with E-state index in [4.69, 9.17) is 11.6 Å². The minimum atomic E-state index is -0.236. The average Bonchev–Trinajstić information content (AvgIpc) is 2.95. The van der Waals surface area contributed by atoms with E-state index in [0.29, 0.717) is 17.9 Å². The molecule has 0 fully saturated rings. The van der Waals surface area contributed by atoms with Gasteiger partial charge in [0.1, 0.15) is 0 Å². The van der Waals surface area contributed by atoms with Gasteiger partial charge in [-0.05, 0) is 21.0 Å². The Morgan fingerprint density at radius 2 is 1.28 bits per heavy atom. The van der Waals surface area contributed by atoms with Gasteiger partial charge < -0.3 is 53.1 Å². The van der Waals surface area contributed by atoms with Gasteiger partial charge in [0.15, 0.2) is 0 Å². The Morgan fingerprint density at radius 3 is 1.44 bits per heavy atom. The Kier molecular flexibility index (Phi) is 63.4. The van der Waals surface area contributed by atoms with Crippen molar-refractivity contribution in [3.05, 3.63) is 85.9 Å². The number of rotatable bonds is 8. The van der Waals surface area contributed by atoms with Gasteiger partial charge in [-0.3, -0.25) is 4.79 Å². The molecule has 0 bridgehead atoms. The fourth-order valence-electron chi connectivity index (χ4n) is 1.30. The summed E-state index contributed by atoms with van der Waals surface area (Å²) in [5.41, 5.74) is 2.07. The van der Waals surface area contributed by atoms with Crippen molar-refractivity contribution in [1.82, 2.24) is 0 Å². The molecule has 0 aromatic heterocycles. The number of hydrogen-bond donors (Lipinski definition) is 0. The Balaban J connectivity index is -0.0000000841. The molecule has 5 heteroatoms. The van der Waals surface area contributed by atoms with Crippen LogP contribution in [0.3, 0.4) is 0 Å². The molecular formula is C34H62ClO4-7. The first kappa shape index (κ1) is 50.2. The number of hydrogen-bond acceptors (Lipinski definition) is 4. The third-order valence-electron chi connectivity index (χ3n) is 3.70. The Morgan fingerprint density at radius 1 is 0.872 bits per heavy atom. The number of alkyl halides is 1. The number of unbranched alkanes of at least 4 members (excludes halogenated alkanes) is 1. The quantitative estimate of drug-likeness (QED) is 0.135. The van der Waals surface area contributed by atoms with Crippen molar-refractivity contribution in [2.75, 3.05) is 20.1 Å². The lowest BCUT2D eigenvalue weighted by Gasteiger charge is -2.09. The van der Waals surface area contributed by atoms with E-state index in [1.165, 1.54) is 26.2 Å². The normalized spacial score (nSPS) is 8.31. The molecule has 0 radical (unpaired) electrons. The minimum absolute atomic E-state index is 0.178. The first-order valence-electron chi connectivity index (χ1n) is 13.6. The molecule has 0 aliphatic heterocycles. The zero-order valence-electron chi connectivity index (χ0n) is 27.8. The van der Waals surface area contributed by atoms with Crippen LogP contribution in [0.15, 0.2) is 41.9 Å². The zero-order valence-corrected chi connectivity index (χ0v) is 28.5. The van der Waals surface area contributed by atoms with E-state index in [1.54, 1.807) is 20.3 Å². The fraction of sp³-hybridized carbons (Fsp3) is 0.559. The van der Waals surface area contributed by atoms with Crippen LogP contribution in [0.25, 0.3) is 0 Å².